The van der Waals surface area contributed by atoms with Crippen LogP contribution < -0.4 is 10.6 Å². The summed E-state index contributed by atoms with van der Waals surface area (Å²) in [5.41, 5.74) is 1.74. The molecular formula is C15H18Cl2N4O. The minimum absolute atomic E-state index is 0.103. The minimum atomic E-state index is -0.427. The zero-order valence-electron chi connectivity index (χ0n) is 12.4. The molecule has 22 heavy (non-hydrogen) atoms. The summed E-state index contributed by atoms with van der Waals surface area (Å²) in [5.74, 6) is -0.103. The van der Waals surface area contributed by atoms with Gasteiger partial charge in [-0.2, -0.15) is 5.10 Å². The molecule has 1 amide bonds. The van der Waals surface area contributed by atoms with Crippen LogP contribution in [0.3, 0.4) is 0 Å². The summed E-state index contributed by atoms with van der Waals surface area (Å²) in [6, 6.07) is 5.06. The molecule has 0 aliphatic rings. The van der Waals surface area contributed by atoms with Crippen LogP contribution in [0.25, 0.3) is 0 Å². The molecule has 1 atom stereocenters. The molecule has 0 saturated heterocycles. The molecule has 2 N–H and O–H groups in total. The highest BCUT2D eigenvalue weighted by atomic mass is 35.5. The van der Waals surface area contributed by atoms with Gasteiger partial charge in [-0.15, -0.1) is 0 Å². The van der Waals surface area contributed by atoms with Crippen LogP contribution in [-0.4, -0.2) is 29.3 Å². The normalized spacial score (nSPS) is 12.2. The molecule has 118 valence electrons. The van der Waals surface area contributed by atoms with Crippen LogP contribution >= 0.6 is 23.2 Å². The maximum atomic E-state index is 12.3. The van der Waals surface area contributed by atoms with Gasteiger partial charge >= 0.3 is 0 Å². The lowest BCUT2D eigenvalue weighted by Gasteiger charge is -2.15. The number of aromatic nitrogens is 2. The van der Waals surface area contributed by atoms with E-state index < -0.39 is 6.04 Å². The average Bonchev–Trinajstić information content (AvgIpc) is 2.90. The van der Waals surface area contributed by atoms with Crippen molar-refractivity contribution in [2.45, 2.75) is 12.5 Å². The summed E-state index contributed by atoms with van der Waals surface area (Å²) in [6.07, 6.45) is 4.11. The van der Waals surface area contributed by atoms with Gasteiger partial charge in [-0.25, -0.2) is 0 Å². The molecule has 7 heteroatoms. The Morgan fingerprint density at radius 2 is 2.18 bits per heavy atom. The number of hydrogen-bond acceptors (Lipinski definition) is 3. The fraction of sp³-hybridized carbons (Fsp3) is 0.333. The molecule has 0 saturated carbocycles. The van der Waals surface area contributed by atoms with Crippen molar-refractivity contribution in [3.05, 3.63) is 51.8 Å². The number of rotatable bonds is 6. The molecule has 2 rings (SSSR count). The zero-order valence-corrected chi connectivity index (χ0v) is 13.9. The van der Waals surface area contributed by atoms with Crippen LogP contribution in [0.1, 0.15) is 17.2 Å². The first-order valence-corrected chi connectivity index (χ1v) is 7.65. The van der Waals surface area contributed by atoms with Crippen molar-refractivity contribution in [3.63, 3.8) is 0 Å². The van der Waals surface area contributed by atoms with E-state index in [4.69, 9.17) is 23.2 Å². The van der Waals surface area contributed by atoms with Gasteiger partial charge in [0, 0.05) is 25.4 Å². The Morgan fingerprint density at radius 3 is 2.82 bits per heavy atom. The third-order valence-corrected chi connectivity index (χ3v) is 4.19. The number of aryl methyl sites for hydroxylation is 1. The third kappa shape index (κ3) is 4.00. The van der Waals surface area contributed by atoms with E-state index in [9.17, 15) is 4.79 Å². The number of hydrogen-bond donors (Lipinski definition) is 2. The second kappa shape index (κ2) is 7.63. The number of halogens is 2. The summed E-state index contributed by atoms with van der Waals surface area (Å²) in [5, 5.41) is 11.0. The first-order chi connectivity index (χ1) is 10.5. The maximum Gasteiger partial charge on any atom is 0.241 e. The van der Waals surface area contributed by atoms with Crippen molar-refractivity contribution in [2.24, 2.45) is 7.05 Å². The lowest BCUT2D eigenvalue weighted by molar-refractivity contribution is -0.123. The van der Waals surface area contributed by atoms with E-state index in [0.29, 0.717) is 23.0 Å². The smallest absolute Gasteiger partial charge is 0.241 e. The Morgan fingerprint density at radius 1 is 1.41 bits per heavy atom. The first-order valence-electron chi connectivity index (χ1n) is 6.89. The number of carbonyl (C=O) groups is 1. The minimum Gasteiger partial charge on any atom is -0.354 e. The molecule has 0 fully saturated rings. The summed E-state index contributed by atoms with van der Waals surface area (Å²) < 4.78 is 1.67. The molecule has 1 aromatic carbocycles. The summed E-state index contributed by atoms with van der Waals surface area (Å²) in [4.78, 5) is 12.3. The van der Waals surface area contributed by atoms with Crippen LogP contribution in [0.5, 0.6) is 0 Å². The fourth-order valence-corrected chi connectivity index (χ4v) is 2.62. The largest absolute Gasteiger partial charge is 0.354 e. The van der Waals surface area contributed by atoms with Crippen LogP contribution in [-0.2, 0) is 18.3 Å². The highest BCUT2D eigenvalue weighted by Crippen LogP contribution is 2.25. The van der Waals surface area contributed by atoms with Crippen LogP contribution in [0.15, 0.2) is 30.6 Å². The summed E-state index contributed by atoms with van der Waals surface area (Å²) in [7, 11) is 3.56. The van der Waals surface area contributed by atoms with Crippen molar-refractivity contribution < 1.29 is 4.79 Å². The monoisotopic (exact) mass is 340 g/mol. The van der Waals surface area contributed by atoms with E-state index in [2.05, 4.69) is 15.7 Å². The van der Waals surface area contributed by atoms with Crippen LogP contribution in [0.4, 0.5) is 0 Å². The predicted octanol–water partition coefficient (Wildman–Crippen LogP) is 2.35. The molecule has 0 spiro atoms. The Bertz CT molecular complexity index is 657. The molecule has 0 radical (unpaired) electrons. The second-order valence-electron chi connectivity index (χ2n) is 4.92. The van der Waals surface area contributed by atoms with E-state index in [0.717, 1.165) is 11.1 Å². The zero-order chi connectivity index (χ0) is 16.1. The number of nitrogens with zero attached hydrogens (tertiary/aromatic N) is 2. The van der Waals surface area contributed by atoms with Gasteiger partial charge in [0.2, 0.25) is 5.91 Å². The van der Waals surface area contributed by atoms with Crippen molar-refractivity contribution in [1.29, 1.82) is 0 Å². The predicted molar refractivity (Wildman–Crippen MR) is 88.2 cm³/mol. The molecule has 0 bridgehead atoms. The van der Waals surface area contributed by atoms with Gasteiger partial charge in [-0.1, -0.05) is 35.3 Å². The summed E-state index contributed by atoms with van der Waals surface area (Å²) in [6.45, 7) is 0.483. The van der Waals surface area contributed by atoms with Gasteiger partial charge in [-0.3, -0.25) is 9.48 Å². The average molecular weight is 341 g/mol. The van der Waals surface area contributed by atoms with Gasteiger partial charge in [0.15, 0.2) is 0 Å². The lowest BCUT2D eigenvalue weighted by atomic mass is 10.1. The van der Waals surface area contributed by atoms with Gasteiger partial charge in [-0.05, 0) is 25.1 Å². The van der Waals surface area contributed by atoms with E-state index in [1.807, 2.05) is 25.4 Å². The highest BCUT2D eigenvalue weighted by molar-refractivity contribution is 6.42. The van der Waals surface area contributed by atoms with E-state index in [1.165, 1.54) is 0 Å². The van der Waals surface area contributed by atoms with Gasteiger partial charge in [0.05, 0.1) is 16.2 Å². The van der Waals surface area contributed by atoms with E-state index in [1.54, 1.807) is 24.0 Å². The maximum absolute atomic E-state index is 12.3. The van der Waals surface area contributed by atoms with Crippen LogP contribution in [0.2, 0.25) is 10.0 Å². The standard InChI is InChI=1S/C15H18Cl2N4O/c1-18-14(11-8-20-21(2)9-11)15(22)19-7-6-10-4-3-5-12(16)13(10)17/h3-5,8-9,14,18H,6-7H2,1-2H3,(H,19,22). The van der Waals surface area contributed by atoms with Gasteiger partial charge < -0.3 is 10.6 Å². The Balaban J connectivity index is 1.93. The topological polar surface area (TPSA) is 59.0 Å². The lowest BCUT2D eigenvalue weighted by Crippen LogP contribution is -2.36. The molecule has 0 aliphatic carbocycles. The van der Waals surface area contributed by atoms with Crippen molar-refractivity contribution in [2.75, 3.05) is 13.6 Å². The first kappa shape index (κ1) is 16.8. The molecule has 1 aromatic heterocycles. The van der Waals surface area contributed by atoms with Crippen LogP contribution in [0, 0.1) is 0 Å². The molecule has 1 heterocycles. The van der Waals surface area contributed by atoms with Crippen molar-refractivity contribution in [3.8, 4) is 0 Å². The summed E-state index contributed by atoms with van der Waals surface area (Å²) >= 11 is 12.1. The number of benzene rings is 1. The molecule has 0 aliphatic heterocycles. The molecule has 1 unspecified atom stereocenters. The third-order valence-electron chi connectivity index (χ3n) is 3.33. The quantitative estimate of drug-likeness (QED) is 0.848. The van der Waals surface area contributed by atoms with Crippen molar-refractivity contribution in [1.82, 2.24) is 20.4 Å². The van der Waals surface area contributed by atoms with Gasteiger partial charge in [0.1, 0.15) is 6.04 Å². The Labute approximate surface area is 139 Å². The molecule has 5 nitrogen and oxygen atoms in total. The number of carbonyl (C=O) groups excluding carboxylic acids is 1. The van der Waals surface area contributed by atoms with Crippen molar-refractivity contribution >= 4 is 29.1 Å². The number of likely N-dealkylation sites (N-methyl/N-ethyl adjacent to an activating group) is 1. The number of amides is 1. The molecule has 2 aromatic rings. The Hall–Kier alpha value is -1.56. The number of nitrogens with one attached hydrogen (secondary N) is 2. The Kier molecular flexibility index (Phi) is 5.83. The SMILES string of the molecule is CNC(C(=O)NCCc1cccc(Cl)c1Cl)c1cnn(C)c1. The fourth-order valence-electron chi connectivity index (χ4n) is 2.20. The molecular weight excluding hydrogens is 323 g/mol. The van der Waals surface area contributed by atoms with Gasteiger partial charge in [0.25, 0.3) is 0 Å². The second-order valence-corrected chi connectivity index (χ2v) is 5.71. The highest BCUT2D eigenvalue weighted by Gasteiger charge is 2.19. The van der Waals surface area contributed by atoms with E-state index >= 15 is 0 Å². The van der Waals surface area contributed by atoms with E-state index in [-0.39, 0.29) is 5.91 Å².